The normalized spacial score (nSPS) is 10.5. The summed E-state index contributed by atoms with van der Waals surface area (Å²) >= 11 is 0. The minimum absolute atomic E-state index is 1.16. The molecule has 0 aliphatic heterocycles. The summed E-state index contributed by atoms with van der Waals surface area (Å²) in [5.74, 6) is 0. The van der Waals surface area contributed by atoms with Crippen LogP contribution in [-0.4, -0.2) is 33.1 Å². The van der Waals surface area contributed by atoms with Crippen LogP contribution in [0.4, 0.5) is 0 Å². The summed E-state index contributed by atoms with van der Waals surface area (Å²) in [7, 11) is 0.0833. The van der Waals surface area contributed by atoms with Gasteiger partial charge in [0.15, 0.2) is 0 Å². The first-order chi connectivity index (χ1) is 5.94. The van der Waals surface area contributed by atoms with Crippen LogP contribution in [0.3, 0.4) is 0 Å². The largest absolute Gasteiger partial charge is 0.213 e. The molecule has 1 aromatic rings. The average molecular weight is 201 g/mol. The van der Waals surface area contributed by atoms with Crippen molar-refractivity contribution in [2.24, 2.45) is 0 Å². The molecule has 0 saturated carbocycles. The summed E-state index contributed by atoms with van der Waals surface area (Å²) in [5, 5.41) is 0. The summed E-state index contributed by atoms with van der Waals surface area (Å²) in [4.78, 5) is 0. The van der Waals surface area contributed by atoms with Crippen LogP contribution >= 0.6 is 0 Å². The molecule has 0 heterocycles. The Bertz CT molecular complexity index is 279. The quantitative estimate of drug-likeness (QED) is 0.684. The predicted molar refractivity (Wildman–Crippen MR) is 55.0 cm³/mol. The van der Waals surface area contributed by atoms with Crippen LogP contribution in [0.1, 0.15) is 0 Å². The molecule has 1 aromatic carbocycles. The number of sulfonamides is 1. The van der Waals surface area contributed by atoms with E-state index in [-0.39, 0.29) is 0 Å². The lowest BCUT2D eigenvalue weighted by Gasteiger charge is -2.02. The Labute approximate surface area is 80.1 Å². The van der Waals surface area contributed by atoms with Gasteiger partial charge in [-0.15, -0.1) is 0 Å². The minimum atomic E-state index is -2.91. The molecule has 74 valence electrons. The van der Waals surface area contributed by atoms with Gasteiger partial charge in [-0.2, -0.15) is 0 Å². The van der Waals surface area contributed by atoms with E-state index in [4.69, 9.17) is 0 Å². The average Bonchev–Trinajstić information content (AvgIpc) is 2.07. The third-order valence-electron chi connectivity index (χ3n) is 1.33. The molecule has 1 rings (SSSR count). The second-order valence-electron chi connectivity index (χ2n) is 2.70. The molecule has 3 nitrogen and oxygen atoms in total. The summed E-state index contributed by atoms with van der Waals surface area (Å²) in [6, 6.07) is 12.0. The van der Waals surface area contributed by atoms with Crippen molar-refractivity contribution in [3.63, 3.8) is 0 Å². The van der Waals surface area contributed by atoms with E-state index in [1.807, 2.05) is 36.4 Å². The molecule has 0 spiro atoms. The van der Waals surface area contributed by atoms with E-state index < -0.39 is 10.0 Å². The van der Waals surface area contributed by atoms with Crippen molar-refractivity contribution >= 4 is 10.0 Å². The Kier molecular flexibility index (Phi) is 5.34. The van der Waals surface area contributed by atoms with Gasteiger partial charge < -0.3 is 0 Å². The third-order valence-corrected chi connectivity index (χ3v) is 2.66. The van der Waals surface area contributed by atoms with Crippen molar-refractivity contribution in [2.75, 3.05) is 20.4 Å². The number of hydrogen-bond donors (Lipinski definition) is 0. The van der Waals surface area contributed by atoms with Crippen LogP contribution in [0.15, 0.2) is 36.4 Å². The minimum Gasteiger partial charge on any atom is -0.213 e. The summed E-state index contributed by atoms with van der Waals surface area (Å²) < 4.78 is 21.7. The lowest BCUT2D eigenvalue weighted by molar-refractivity contribution is 0.527. The lowest BCUT2D eigenvalue weighted by Crippen LogP contribution is -2.19. The second-order valence-corrected chi connectivity index (χ2v) is 4.90. The first-order valence-electron chi connectivity index (χ1n) is 3.82. The second kappa shape index (κ2) is 5.72. The third kappa shape index (κ3) is 7.49. The molecule has 0 radical (unpaired) electrons. The molecule has 0 fully saturated rings. The Morgan fingerprint density at radius 3 is 1.08 bits per heavy atom. The van der Waals surface area contributed by atoms with E-state index >= 15 is 0 Å². The highest BCUT2D eigenvalue weighted by molar-refractivity contribution is 7.88. The lowest BCUT2D eigenvalue weighted by atomic mass is 10.4. The smallest absolute Gasteiger partial charge is 0.210 e. The molecule has 0 atom stereocenters. The molecule has 0 N–H and O–H groups in total. The Morgan fingerprint density at radius 2 is 1.00 bits per heavy atom. The Morgan fingerprint density at radius 1 is 0.846 bits per heavy atom. The molecule has 0 bridgehead atoms. The topological polar surface area (TPSA) is 37.4 Å². The molecule has 4 heteroatoms. The fourth-order valence-corrected chi connectivity index (χ4v) is 0.385. The summed E-state index contributed by atoms with van der Waals surface area (Å²) in [6.07, 6.45) is 1.16. The zero-order valence-corrected chi connectivity index (χ0v) is 8.95. The fourth-order valence-electron chi connectivity index (χ4n) is 0.385. The van der Waals surface area contributed by atoms with Crippen LogP contribution in [0.2, 0.25) is 0 Å². The number of rotatable bonds is 1. The zero-order valence-electron chi connectivity index (χ0n) is 8.14. The van der Waals surface area contributed by atoms with Gasteiger partial charge in [0.25, 0.3) is 0 Å². The predicted octanol–water partition coefficient (Wildman–Crippen LogP) is 1.19. The van der Waals surface area contributed by atoms with Crippen LogP contribution in [0.25, 0.3) is 0 Å². The van der Waals surface area contributed by atoms with Gasteiger partial charge in [0.2, 0.25) is 10.0 Å². The number of benzene rings is 1. The van der Waals surface area contributed by atoms with Gasteiger partial charge in [0.1, 0.15) is 0 Å². The maximum atomic E-state index is 10.3. The molecular formula is C9H15NO2S. The van der Waals surface area contributed by atoms with Gasteiger partial charge in [-0.3, -0.25) is 0 Å². The number of hydrogen-bond acceptors (Lipinski definition) is 2. The van der Waals surface area contributed by atoms with Crippen molar-refractivity contribution in [3.05, 3.63) is 36.4 Å². The van der Waals surface area contributed by atoms with Crippen molar-refractivity contribution in [1.82, 2.24) is 4.31 Å². The molecule has 0 amide bonds. The zero-order chi connectivity index (χ0) is 10.3. The van der Waals surface area contributed by atoms with Crippen molar-refractivity contribution in [3.8, 4) is 0 Å². The van der Waals surface area contributed by atoms with E-state index in [0.29, 0.717) is 0 Å². The van der Waals surface area contributed by atoms with Crippen LogP contribution < -0.4 is 0 Å². The van der Waals surface area contributed by atoms with Gasteiger partial charge >= 0.3 is 0 Å². The van der Waals surface area contributed by atoms with Crippen molar-refractivity contribution in [1.29, 1.82) is 0 Å². The summed E-state index contributed by atoms with van der Waals surface area (Å²) in [5.41, 5.74) is 0. The van der Waals surface area contributed by atoms with Gasteiger partial charge in [-0.05, 0) is 0 Å². The van der Waals surface area contributed by atoms with E-state index in [2.05, 4.69) is 0 Å². The maximum absolute atomic E-state index is 10.3. The fraction of sp³-hybridized carbons (Fsp3) is 0.333. The van der Waals surface area contributed by atoms with Crippen LogP contribution in [0.5, 0.6) is 0 Å². The first-order valence-corrected chi connectivity index (χ1v) is 5.67. The van der Waals surface area contributed by atoms with Crippen molar-refractivity contribution < 1.29 is 8.42 Å². The van der Waals surface area contributed by atoms with Gasteiger partial charge in [-0.25, -0.2) is 12.7 Å². The first kappa shape index (κ1) is 12.1. The standard InChI is InChI=1S/C6H6.C3H9NO2S/c1-2-4-6-5-3-1;1-4(2)7(3,5)6/h1-6H;1-3H3. The number of nitrogens with zero attached hydrogens (tertiary/aromatic N) is 1. The van der Waals surface area contributed by atoms with Crippen LogP contribution in [0, 0.1) is 0 Å². The highest BCUT2D eigenvalue weighted by Gasteiger charge is 2.00. The molecule has 0 aliphatic rings. The van der Waals surface area contributed by atoms with Crippen molar-refractivity contribution in [2.45, 2.75) is 0 Å². The monoisotopic (exact) mass is 201 g/mol. The van der Waals surface area contributed by atoms with Gasteiger partial charge in [0, 0.05) is 14.1 Å². The molecule has 0 aromatic heterocycles. The Hall–Kier alpha value is -0.870. The van der Waals surface area contributed by atoms with E-state index in [9.17, 15) is 8.42 Å². The maximum Gasteiger partial charge on any atom is 0.210 e. The summed E-state index contributed by atoms with van der Waals surface area (Å²) in [6.45, 7) is 0. The molecule has 13 heavy (non-hydrogen) atoms. The van der Waals surface area contributed by atoms with Gasteiger partial charge in [-0.1, -0.05) is 36.4 Å². The van der Waals surface area contributed by atoms with E-state index in [0.717, 1.165) is 10.6 Å². The highest BCUT2D eigenvalue weighted by atomic mass is 32.2. The van der Waals surface area contributed by atoms with E-state index in [1.54, 1.807) is 0 Å². The Balaban J connectivity index is 0.000000223. The molecule has 0 aliphatic carbocycles. The molecule has 0 unspecified atom stereocenters. The molecule has 0 saturated heterocycles. The van der Waals surface area contributed by atoms with E-state index in [1.165, 1.54) is 14.1 Å². The highest BCUT2D eigenvalue weighted by Crippen LogP contribution is 1.83. The SMILES string of the molecule is CN(C)S(C)(=O)=O.c1ccccc1. The van der Waals surface area contributed by atoms with Gasteiger partial charge in [0.05, 0.1) is 6.26 Å². The molecular weight excluding hydrogens is 186 g/mol. The van der Waals surface area contributed by atoms with Crippen LogP contribution in [-0.2, 0) is 10.0 Å².